The monoisotopic (exact) mass is 292 g/mol. The smallest absolute Gasteiger partial charge is 0.410 e. The summed E-state index contributed by atoms with van der Waals surface area (Å²) in [7, 11) is 0. The van der Waals surface area contributed by atoms with Crippen molar-refractivity contribution < 1.29 is 18.3 Å². The molecule has 0 spiro atoms. The second kappa shape index (κ2) is 6.16. The molecule has 0 bridgehead atoms. The number of amides is 1. The highest BCUT2D eigenvalue weighted by Gasteiger charge is 2.48. The molecular weight excluding hydrogens is 278 g/mol. The second-order valence-corrected chi connectivity index (χ2v) is 4.29. The number of ether oxygens (including phenoxy) is 1. The predicted octanol–water partition coefficient (Wildman–Crippen LogP) is 2.02. The zero-order valence-corrected chi connectivity index (χ0v) is 10.9. The number of hydrogen-bond acceptors (Lipinski definition) is 3. The molecule has 0 saturated carbocycles. The molecule has 1 atom stereocenters. The second-order valence-electron chi connectivity index (χ2n) is 4.29. The number of rotatable bonds is 2. The van der Waals surface area contributed by atoms with Crippen molar-refractivity contribution in [1.82, 2.24) is 4.90 Å². The maximum absolute atomic E-state index is 13.1. The molecule has 7 heteroatoms. The van der Waals surface area contributed by atoms with Crippen LogP contribution in [0.4, 0.5) is 13.6 Å². The van der Waals surface area contributed by atoms with Crippen LogP contribution in [0.3, 0.4) is 0 Å². The number of halogens is 3. The summed E-state index contributed by atoms with van der Waals surface area (Å²) in [6, 6.07) is 7.72. The molecule has 1 aliphatic heterocycles. The van der Waals surface area contributed by atoms with E-state index in [1.807, 2.05) is 18.2 Å². The van der Waals surface area contributed by atoms with Gasteiger partial charge < -0.3 is 15.4 Å². The Labute approximate surface area is 115 Å². The quantitative estimate of drug-likeness (QED) is 0.907. The first-order valence-corrected chi connectivity index (χ1v) is 5.58. The summed E-state index contributed by atoms with van der Waals surface area (Å²) < 4.78 is 31.2. The SMILES string of the molecule is Cl.NC1CN(C(=O)OCc2ccccc2)CC1(F)F. The lowest BCUT2D eigenvalue weighted by Gasteiger charge is -2.15. The van der Waals surface area contributed by atoms with E-state index in [4.69, 9.17) is 10.5 Å². The molecule has 2 N–H and O–H groups in total. The fourth-order valence-corrected chi connectivity index (χ4v) is 1.76. The van der Waals surface area contributed by atoms with Crippen LogP contribution in [0.15, 0.2) is 30.3 Å². The molecule has 19 heavy (non-hydrogen) atoms. The minimum absolute atomic E-state index is 0. The normalized spacial score (nSPS) is 20.8. The third kappa shape index (κ3) is 3.78. The molecule has 1 amide bonds. The van der Waals surface area contributed by atoms with E-state index in [-0.39, 0.29) is 25.6 Å². The van der Waals surface area contributed by atoms with E-state index in [0.717, 1.165) is 10.5 Å². The van der Waals surface area contributed by atoms with E-state index in [2.05, 4.69) is 0 Å². The van der Waals surface area contributed by atoms with Crippen molar-refractivity contribution in [1.29, 1.82) is 0 Å². The highest BCUT2D eigenvalue weighted by molar-refractivity contribution is 5.85. The Bertz CT molecular complexity index is 431. The lowest BCUT2D eigenvalue weighted by molar-refractivity contribution is -0.00186. The lowest BCUT2D eigenvalue weighted by Crippen LogP contribution is -2.38. The Balaban J connectivity index is 0.00000180. The van der Waals surface area contributed by atoms with Gasteiger partial charge in [-0.05, 0) is 5.56 Å². The van der Waals surface area contributed by atoms with Crippen molar-refractivity contribution in [3.8, 4) is 0 Å². The molecule has 0 aromatic heterocycles. The standard InChI is InChI=1S/C12H14F2N2O2.ClH/c13-12(14)8-16(6-10(12)15)11(17)18-7-9-4-2-1-3-5-9;/h1-5,10H,6-8,15H2;1H. The molecular formula is C12H15ClF2N2O2. The van der Waals surface area contributed by atoms with Gasteiger partial charge in [0.2, 0.25) is 0 Å². The third-order valence-electron chi connectivity index (χ3n) is 2.82. The van der Waals surface area contributed by atoms with E-state index in [9.17, 15) is 13.6 Å². The number of carbonyl (C=O) groups excluding carboxylic acids is 1. The Hall–Kier alpha value is -1.40. The minimum Gasteiger partial charge on any atom is -0.445 e. The maximum Gasteiger partial charge on any atom is 0.410 e. The van der Waals surface area contributed by atoms with Crippen LogP contribution in [0, 0.1) is 0 Å². The Kier molecular flexibility index (Phi) is 5.08. The molecule has 1 heterocycles. The van der Waals surface area contributed by atoms with Gasteiger partial charge >= 0.3 is 6.09 Å². The van der Waals surface area contributed by atoms with Gasteiger partial charge in [-0.3, -0.25) is 0 Å². The van der Waals surface area contributed by atoms with Gasteiger partial charge in [-0.15, -0.1) is 12.4 Å². The third-order valence-corrected chi connectivity index (χ3v) is 2.82. The molecule has 1 unspecified atom stereocenters. The van der Waals surface area contributed by atoms with Gasteiger partial charge in [-0.25, -0.2) is 13.6 Å². The summed E-state index contributed by atoms with van der Waals surface area (Å²) in [5.74, 6) is -3.04. The molecule has 4 nitrogen and oxygen atoms in total. The number of carbonyl (C=O) groups is 1. The summed E-state index contributed by atoms with van der Waals surface area (Å²) in [5, 5.41) is 0. The molecule has 1 saturated heterocycles. The van der Waals surface area contributed by atoms with E-state index in [1.54, 1.807) is 12.1 Å². The molecule has 1 aliphatic rings. The van der Waals surface area contributed by atoms with Crippen LogP contribution in [-0.2, 0) is 11.3 Å². The summed E-state index contributed by atoms with van der Waals surface area (Å²) in [6.07, 6.45) is -0.758. The van der Waals surface area contributed by atoms with Crippen LogP contribution in [0.2, 0.25) is 0 Å². The van der Waals surface area contributed by atoms with Crippen LogP contribution in [0.25, 0.3) is 0 Å². The van der Waals surface area contributed by atoms with Gasteiger partial charge in [0, 0.05) is 6.54 Å². The highest BCUT2D eigenvalue weighted by Crippen LogP contribution is 2.26. The number of nitrogens with zero attached hydrogens (tertiary/aromatic N) is 1. The van der Waals surface area contributed by atoms with Crippen LogP contribution < -0.4 is 5.73 Å². The fraction of sp³-hybridized carbons (Fsp3) is 0.417. The van der Waals surface area contributed by atoms with Crippen molar-refractivity contribution in [2.24, 2.45) is 5.73 Å². The van der Waals surface area contributed by atoms with Gasteiger partial charge in [0.15, 0.2) is 0 Å². The van der Waals surface area contributed by atoms with E-state index < -0.39 is 24.6 Å². The predicted molar refractivity (Wildman–Crippen MR) is 68.4 cm³/mol. The average Bonchev–Trinajstić information content (AvgIpc) is 2.62. The molecule has 2 rings (SSSR count). The van der Waals surface area contributed by atoms with Gasteiger partial charge in [0.1, 0.15) is 6.61 Å². The number of alkyl halides is 2. The maximum atomic E-state index is 13.1. The summed E-state index contributed by atoms with van der Waals surface area (Å²) in [6.45, 7) is -0.792. The van der Waals surface area contributed by atoms with Gasteiger partial charge in [0.25, 0.3) is 5.92 Å². The van der Waals surface area contributed by atoms with Crippen molar-refractivity contribution in [2.75, 3.05) is 13.1 Å². The molecule has 0 radical (unpaired) electrons. The summed E-state index contributed by atoms with van der Waals surface area (Å²) in [5.41, 5.74) is 6.06. The molecule has 1 fully saturated rings. The first-order valence-electron chi connectivity index (χ1n) is 5.58. The van der Waals surface area contributed by atoms with Crippen molar-refractivity contribution >= 4 is 18.5 Å². The van der Waals surface area contributed by atoms with Crippen molar-refractivity contribution in [3.05, 3.63) is 35.9 Å². The molecule has 1 aromatic carbocycles. The Morgan fingerprint density at radius 3 is 2.58 bits per heavy atom. The topological polar surface area (TPSA) is 55.6 Å². The average molecular weight is 293 g/mol. The lowest BCUT2D eigenvalue weighted by atomic mass is 10.2. The zero-order chi connectivity index (χ0) is 13.2. The fourth-order valence-electron chi connectivity index (χ4n) is 1.76. The van der Waals surface area contributed by atoms with Gasteiger partial charge in [0.05, 0.1) is 12.6 Å². The summed E-state index contributed by atoms with van der Waals surface area (Å²) in [4.78, 5) is 12.5. The first kappa shape index (κ1) is 15.7. The number of likely N-dealkylation sites (tertiary alicyclic amines) is 1. The van der Waals surface area contributed by atoms with Crippen LogP contribution in [0.1, 0.15) is 5.56 Å². The van der Waals surface area contributed by atoms with Gasteiger partial charge in [-0.1, -0.05) is 30.3 Å². The molecule has 106 valence electrons. The zero-order valence-electron chi connectivity index (χ0n) is 10.1. The first-order chi connectivity index (χ1) is 8.49. The number of hydrogen-bond donors (Lipinski definition) is 1. The molecule has 1 aromatic rings. The van der Waals surface area contributed by atoms with E-state index in [1.165, 1.54) is 0 Å². The van der Waals surface area contributed by atoms with Crippen molar-refractivity contribution in [2.45, 2.75) is 18.6 Å². The Morgan fingerprint density at radius 1 is 1.42 bits per heavy atom. The Morgan fingerprint density at radius 2 is 2.05 bits per heavy atom. The molecule has 0 aliphatic carbocycles. The number of benzene rings is 1. The largest absolute Gasteiger partial charge is 0.445 e. The van der Waals surface area contributed by atoms with Gasteiger partial charge in [-0.2, -0.15) is 0 Å². The van der Waals surface area contributed by atoms with Crippen LogP contribution in [0.5, 0.6) is 0 Å². The minimum atomic E-state index is -3.04. The van der Waals surface area contributed by atoms with Crippen LogP contribution >= 0.6 is 12.4 Å². The van der Waals surface area contributed by atoms with Crippen molar-refractivity contribution in [3.63, 3.8) is 0 Å². The van der Waals surface area contributed by atoms with E-state index >= 15 is 0 Å². The number of nitrogens with two attached hydrogens (primary N) is 1. The van der Waals surface area contributed by atoms with E-state index in [0.29, 0.717) is 0 Å². The highest BCUT2D eigenvalue weighted by atomic mass is 35.5. The van der Waals surface area contributed by atoms with Crippen LogP contribution in [-0.4, -0.2) is 36.0 Å². The summed E-state index contributed by atoms with van der Waals surface area (Å²) >= 11 is 0.